The summed E-state index contributed by atoms with van der Waals surface area (Å²) in [6.45, 7) is 17.6. The molecule has 0 radical (unpaired) electrons. The van der Waals surface area contributed by atoms with Gasteiger partial charge in [-0.05, 0) is 83.1 Å². The molecule has 0 amide bonds. The molecule has 35 heavy (non-hydrogen) atoms. The number of hydrogen-bond donors (Lipinski definition) is 1. The molecule has 1 aromatic carbocycles. The van der Waals surface area contributed by atoms with Crippen LogP contribution in [0, 0.1) is 8.99 Å². The minimum Gasteiger partial charge on any atom is -0.410 e. The lowest BCUT2D eigenvalue weighted by atomic mass is 9.74. The van der Waals surface area contributed by atoms with Crippen LogP contribution in [0.15, 0.2) is 24.3 Å². The minimum atomic E-state index is -4.42. The summed E-state index contributed by atoms with van der Waals surface area (Å²) in [7, 11) is -2.10. The van der Waals surface area contributed by atoms with Gasteiger partial charge in [0.2, 0.25) is 0 Å². The molecule has 1 aliphatic carbocycles. The molecule has 1 unspecified atom stereocenters. The second-order valence-electron chi connectivity index (χ2n) is 11.9. The number of aryl methyl sites for hydroxylation is 1. The van der Waals surface area contributed by atoms with Gasteiger partial charge < -0.3 is 9.53 Å². The highest BCUT2D eigenvalue weighted by Crippen LogP contribution is 2.49. The van der Waals surface area contributed by atoms with E-state index in [1.165, 1.54) is 12.1 Å². The van der Waals surface area contributed by atoms with Crippen molar-refractivity contribution in [3.8, 4) is 0 Å². The summed E-state index contributed by atoms with van der Waals surface area (Å²) in [5, 5.41) is 11.4. The van der Waals surface area contributed by atoms with E-state index in [2.05, 4.69) is 70.3 Å². The predicted octanol–water partition coefficient (Wildman–Crippen LogP) is 8.38. The average Bonchev–Trinajstić information content (AvgIpc) is 2.70. The Kier molecular flexibility index (Phi) is 7.94. The van der Waals surface area contributed by atoms with E-state index in [0.717, 1.165) is 45.5 Å². The minimum absolute atomic E-state index is 0.0225. The lowest BCUT2D eigenvalue weighted by molar-refractivity contribution is -0.137. The molecule has 0 bridgehead atoms. The number of alkyl halides is 3. The third-order valence-electron chi connectivity index (χ3n) is 7.48. The molecule has 2 atom stereocenters. The molecule has 1 aromatic heterocycles. The highest BCUT2D eigenvalue weighted by atomic mass is 127. The molecule has 1 heterocycles. The monoisotopic (exact) mass is 619 g/mol. The van der Waals surface area contributed by atoms with Crippen molar-refractivity contribution in [2.75, 3.05) is 0 Å². The first-order valence-corrected chi connectivity index (χ1v) is 16.1. The number of aliphatic hydroxyl groups excluding tert-OH is 1. The van der Waals surface area contributed by atoms with E-state index in [0.29, 0.717) is 17.5 Å². The summed E-state index contributed by atoms with van der Waals surface area (Å²) in [6, 6.07) is 4.76. The fourth-order valence-corrected chi connectivity index (χ4v) is 7.01. The molecular weight excluding hydrogens is 582 g/mol. The standard InChI is InChI=1S/C27H37F3INO2Si/c1-9-18-22(24(33)16-10-12-17(13-11-16)27(28,29)30)23(31)21-19(32-18)14-26(5,6)15-20(21)34-35(7,8)25(2,3)4/h10-13,20,24,33H,9,14-15H2,1-8H3/t20?,24-/m0/s1. The lowest BCUT2D eigenvalue weighted by Crippen LogP contribution is -2.44. The van der Waals surface area contributed by atoms with Gasteiger partial charge in [0.05, 0.1) is 11.7 Å². The van der Waals surface area contributed by atoms with E-state index < -0.39 is 26.2 Å². The first-order chi connectivity index (χ1) is 15.9. The smallest absolute Gasteiger partial charge is 0.410 e. The number of rotatable bonds is 5. The van der Waals surface area contributed by atoms with Crippen molar-refractivity contribution in [1.29, 1.82) is 0 Å². The Hall–Kier alpha value is -0.973. The molecule has 194 valence electrons. The van der Waals surface area contributed by atoms with Crippen LogP contribution in [0.5, 0.6) is 0 Å². The Morgan fingerprint density at radius 1 is 1.17 bits per heavy atom. The molecule has 0 saturated carbocycles. The highest BCUT2D eigenvalue weighted by molar-refractivity contribution is 14.1. The first-order valence-electron chi connectivity index (χ1n) is 12.1. The molecule has 0 fully saturated rings. The maximum atomic E-state index is 13.1. The van der Waals surface area contributed by atoms with Gasteiger partial charge in [-0.15, -0.1) is 0 Å². The topological polar surface area (TPSA) is 42.4 Å². The zero-order chi connectivity index (χ0) is 26.6. The van der Waals surface area contributed by atoms with Crippen LogP contribution in [0.2, 0.25) is 18.1 Å². The van der Waals surface area contributed by atoms with E-state index in [1.54, 1.807) is 0 Å². The largest absolute Gasteiger partial charge is 0.416 e. The number of nitrogens with zero attached hydrogens (tertiary/aromatic N) is 1. The molecular formula is C27H37F3INO2Si. The number of pyridine rings is 1. The van der Waals surface area contributed by atoms with Gasteiger partial charge in [-0.2, -0.15) is 13.2 Å². The van der Waals surface area contributed by atoms with Crippen molar-refractivity contribution in [2.45, 2.75) is 97.3 Å². The highest BCUT2D eigenvalue weighted by Gasteiger charge is 2.44. The first kappa shape index (κ1) is 28.6. The number of fused-ring (bicyclic) bond motifs is 1. The molecule has 8 heteroatoms. The Labute approximate surface area is 222 Å². The van der Waals surface area contributed by atoms with E-state index in [4.69, 9.17) is 9.41 Å². The van der Waals surface area contributed by atoms with Crippen LogP contribution in [-0.4, -0.2) is 18.4 Å². The van der Waals surface area contributed by atoms with Crippen LogP contribution < -0.4 is 0 Å². The third-order valence-corrected chi connectivity index (χ3v) is 13.1. The Balaban J connectivity index is 2.13. The van der Waals surface area contributed by atoms with Crippen LogP contribution in [0.25, 0.3) is 0 Å². The molecule has 3 rings (SSSR count). The van der Waals surface area contributed by atoms with Gasteiger partial charge in [0, 0.05) is 26.1 Å². The van der Waals surface area contributed by atoms with E-state index in [-0.39, 0.29) is 16.6 Å². The van der Waals surface area contributed by atoms with Crippen molar-refractivity contribution in [1.82, 2.24) is 4.98 Å². The Bertz CT molecular complexity index is 1080. The molecule has 3 nitrogen and oxygen atoms in total. The van der Waals surface area contributed by atoms with Crippen molar-refractivity contribution in [3.63, 3.8) is 0 Å². The lowest BCUT2D eigenvalue weighted by Gasteiger charge is -2.44. The summed E-state index contributed by atoms with van der Waals surface area (Å²) in [4.78, 5) is 5.02. The fourth-order valence-electron chi connectivity index (χ4n) is 4.47. The van der Waals surface area contributed by atoms with Crippen molar-refractivity contribution in [2.24, 2.45) is 5.41 Å². The van der Waals surface area contributed by atoms with Crippen LogP contribution in [0.3, 0.4) is 0 Å². The van der Waals surface area contributed by atoms with Gasteiger partial charge in [0.15, 0.2) is 8.32 Å². The zero-order valence-corrected chi connectivity index (χ0v) is 25.1. The van der Waals surface area contributed by atoms with Crippen LogP contribution >= 0.6 is 22.6 Å². The number of aliphatic hydroxyl groups is 1. The Morgan fingerprint density at radius 2 is 1.74 bits per heavy atom. The summed E-state index contributed by atoms with van der Waals surface area (Å²) < 4.78 is 47.0. The third kappa shape index (κ3) is 5.96. The van der Waals surface area contributed by atoms with Gasteiger partial charge in [-0.3, -0.25) is 4.98 Å². The van der Waals surface area contributed by atoms with E-state index in [1.807, 2.05) is 6.92 Å². The predicted molar refractivity (Wildman–Crippen MR) is 145 cm³/mol. The average molecular weight is 620 g/mol. The molecule has 0 spiro atoms. The van der Waals surface area contributed by atoms with Crippen molar-refractivity contribution < 1.29 is 22.7 Å². The molecule has 2 aromatic rings. The molecule has 0 aliphatic heterocycles. The second kappa shape index (κ2) is 9.72. The van der Waals surface area contributed by atoms with Crippen LogP contribution in [-0.2, 0) is 23.4 Å². The molecule has 1 N–H and O–H groups in total. The summed E-state index contributed by atoms with van der Waals surface area (Å²) in [5.41, 5.74) is 3.22. The fraction of sp³-hybridized carbons (Fsp3) is 0.593. The quantitative estimate of drug-likeness (QED) is 0.270. The number of halogens is 4. The van der Waals surface area contributed by atoms with E-state index in [9.17, 15) is 18.3 Å². The summed E-state index contributed by atoms with van der Waals surface area (Å²) in [5.74, 6) is 0. The van der Waals surface area contributed by atoms with Crippen molar-refractivity contribution >= 4 is 30.9 Å². The SMILES string of the molecule is CCc1nc2c(c(I)c1[C@@H](O)c1ccc(C(F)(F)F)cc1)C(O[Si](C)(C)C(C)(C)C)CC(C)(C)C2. The maximum Gasteiger partial charge on any atom is 0.416 e. The number of aromatic nitrogens is 1. The van der Waals surface area contributed by atoms with Gasteiger partial charge in [0.25, 0.3) is 0 Å². The van der Waals surface area contributed by atoms with E-state index >= 15 is 0 Å². The Morgan fingerprint density at radius 3 is 2.23 bits per heavy atom. The number of benzene rings is 1. The summed E-state index contributed by atoms with van der Waals surface area (Å²) in [6.07, 6.45) is -3.34. The normalized spacial score (nSPS) is 19.4. The summed E-state index contributed by atoms with van der Waals surface area (Å²) >= 11 is 2.29. The molecule has 0 saturated heterocycles. The van der Waals surface area contributed by atoms with Crippen LogP contribution in [0.4, 0.5) is 13.2 Å². The zero-order valence-electron chi connectivity index (χ0n) is 21.9. The van der Waals surface area contributed by atoms with Gasteiger partial charge in [-0.25, -0.2) is 0 Å². The number of hydrogen-bond acceptors (Lipinski definition) is 3. The van der Waals surface area contributed by atoms with Crippen LogP contribution in [0.1, 0.15) is 93.8 Å². The van der Waals surface area contributed by atoms with Gasteiger partial charge >= 0.3 is 6.18 Å². The van der Waals surface area contributed by atoms with Gasteiger partial charge in [0.1, 0.15) is 6.10 Å². The maximum absolute atomic E-state index is 13.1. The van der Waals surface area contributed by atoms with Gasteiger partial charge in [-0.1, -0.05) is 53.7 Å². The van der Waals surface area contributed by atoms with Crippen molar-refractivity contribution in [3.05, 3.63) is 61.5 Å². The second-order valence-corrected chi connectivity index (χ2v) is 17.8. The molecule has 1 aliphatic rings.